The highest BCUT2D eigenvalue weighted by molar-refractivity contribution is 5.89. The number of hydrogen-bond acceptors (Lipinski definition) is 3. The molecule has 0 spiro atoms. The third-order valence-electron chi connectivity index (χ3n) is 3.49. The van der Waals surface area contributed by atoms with E-state index in [1.54, 1.807) is 11.8 Å². The third kappa shape index (κ3) is 4.23. The quantitative estimate of drug-likeness (QED) is 0.832. The zero-order valence-corrected chi connectivity index (χ0v) is 12.0. The van der Waals surface area contributed by atoms with Crippen LogP contribution in [-0.2, 0) is 9.59 Å². The maximum absolute atomic E-state index is 12.1. The Morgan fingerprint density at radius 1 is 1.16 bits per heavy atom. The van der Waals surface area contributed by atoms with Gasteiger partial charge in [-0.1, -0.05) is 13.8 Å². The first-order chi connectivity index (χ1) is 8.97. The van der Waals surface area contributed by atoms with Crippen LogP contribution in [0.2, 0.25) is 0 Å². The van der Waals surface area contributed by atoms with E-state index in [1.165, 1.54) is 0 Å². The molecule has 5 heteroatoms. The maximum atomic E-state index is 12.1. The SMILES string of the molecule is CC(NC(=O)C(C#N)C(C)C)C(=O)N1CCCCC1. The largest absolute Gasteiger partial charge is 0.343 e. The van der Waals surface area contributed by atoms with Crippen molar-refractivity contribution >= 4 is 11.8 Å². The number of nitrogens with one attached hydrogen (secondary N) is 1. The van der Waals surface area contributed by atoms with Gasteiger partial charge in [-0.2, -0.15) is 5.26 Å². The Morgan fingerprint density at radius 2 is 1.74 bits per heavy atom. The molecule has 0 aromatic rings. The van der Waals surface area contributed by atoms with Crippen molar-refractivity contribution in [2.24, 2.45) is 11.8 Å². The van der Waals surface area contributed by atoms with Crippen LogP contribution in [0.15, 0.2) is 0 Å². The topological polar surface area (TPSA) is 73.2 Å². The molecule has 19 heavy (non-hydrogen) atoms. The number of amides is 2. The summed E-state index contributed by atoms with van der Waals surface area (Å²) in [6.07, 6.45) is 3.22. The average Bonchev–Trinajstić information content (AvgIpc) is 2.39. The lowest BCUT2D eigenvalue weighted by Gasteiger charge is -2.29. The van der Waals surface area contributed by atoms with Crippen molar-refractivity contribution in [3.63, 3.8) is 0 Å². The number of nitrogens with zero attached hydrogens (tertiary/aromatic N) is 2. The fraction of sp³-hybridized carbons (Fsp3) is 0.786. The minimum atomic E-state index is -0.698. The summed E-state index contributed by atoms with van der Waals surface area (Å²) >= 11 is 0. The van der Waals surface area contributed by atoms with Crippen molar-refractivity contribution < 1.29 is 9.59 Å². The summed E-state index contributed by atoms with van der Waals surface area (Å²) in [5.74, 6) is -1.15. The van der Waals surface area contributed by atoms with Gasteiger partial charge in [-0.05, 0) is 32.1 Å². The van der Waals surface area contributed by atoms with Gasteiger partial charge in [0.05, 0.1) is 6.07 Å². The third-order valence-corrected chi connectivity index (χ3v) is 3.49. The molecule has 2 unspecified atom stereocenters. The van der Waals surface area contributed by atoms with Crippen molar-refractivity contribution in [3.8, 4) is 6.07 Å². The maximum Gasteiger partial charge on any atom is 0.244 e. The second-order valence-corrected chi connectivity index (χ2v) is 5.47. The number of hydrogen-bond donors (Lipinski definition) is 1. The number of piperidine rings is 1. The van der Waals surface area contributed by atoms with Crippen LogP contribution in [0.1, 0.15) is 40.0 Å². The highest BCUT2D eigenvalue weighted by Gasteiger charge is 2.27. The van der Waals surface area contributed by atoms with Gasteiger partial charge in [0.2, 0.25) is 11.8 Å². The molecule has 2 atom stereocenters. The Hall–Kier alpha value is -1.57. The summed E-state index contributed by atoms with van der Waals surface area (Å²) in [5, 5.41) is 11.6. The van der Waals surface area contributed by atoms with Crippen LogP contribution in [0.5, 0.6) is 0 Å². The van der Waals surface area contributed by atoms with E-state index in [2.05, 4.69) is 5.32 Å². The second-order valence-electron chi connectivity index (χ2n) is 5.47. The van der Waals surface area contributed by atoms with E-state index < -0.39 is 12.0 Å². The van der Waals surface area contributed by atoms with E-state index in [1.807, 2.05) is 19.9 Å². The fourth-order valence-corrected chi connectivity index (χ4v) is 2.26. The van der Waals surface area contributed by atoms with E-state index in [4.69, 9.17) is 5.26 Å². The lowest BCUT2D eigenvalue weighted by Crippen LogP contribution is -2.50. The van der Waals surface area contributed by atoms with E-state index in [9.17, 15) is 9.59 Å². The summed E-state index contributed by atoms with van der Waals surface area (Å²) < 4.78 is 0. The Balaban J connectivity index is 2.53. The highest BCUT2D eigenvalue weighted by Crippen LogP contribution is 2.12. The zero-order valence-electron chi connectivity index (χ0n) is 12.0. The Labute approximate surface area is 115 Å². The van der Waals surface area contributed by atoms with Crippen LogP contribution >= 0.6 is 0 Å². The molecule has 106 valence electrons. The lowest BCUT2D eigenvalue weighted by atomic mass is 9.96. The predicted molar refractivity (Wildman–Crippen MR) is 72.0 cm³/mol. The van der Waals surface area contributed by atoms with Gasteiger partial charge in [0, 0.05) is 13.1 Å². The van der Waals surface area contributed by atoms with Gasteiger partial charge in [0.1, 0.15) is 12.0 Å². The van der Waals surface area contributed by atoms with Gasteiger partial charge < -0.3 is 10.2 Å². The van der Waals surface area contributed by atoms with Crippen LogP contribution in [-0.4, -0.2) is 35.8 Å². The molecule has 1 fully saturated rings. The van der Waals surface area contributed by atoms with E-state index in [0.29, 0.717) is 0 Å². The van der Waals surface area contributed by atoms with Crippen molar-refractivity contribution in [2.75, 3.05) is 13.1 Å². The number of likely N-dealkylation sites (tertiary alicyclic amines) is 1. The van der Waals surface area contributed by atoms with Gasteiger partial charge in [-0.15, -0.1) is 0 Å². The summed E-state index contributed by atoms with van der Waals surface area (Å²) in [7, 11) is 0. The minimum Gasteiger partial charge on any atom is -0.343 e. The van der Waals surface area contributed by atoms with Crippen molar-refractivity contribution in [1.29, 1.82) is 5.26 Å². The molecule has 1 aliphatic rings. The molecule has 2 amide bonds. The van der Waals surface area contributed by atoms with Crippen molar-refractivity contribution in [1.82, 2.24) is 10.2 Å². The Kier molecular flexibility index (Phi) is 5.81. The first kappa shape index (κ1) is 15.5. The fourth-order valence-electron chi connectivity index (χ4n) is 2.26. The summed E-state index contributed by atoms with van der Waals surface area (Å²) in [4.78, 5) is 25.8. The van der Waals surface area contributed by atoms with Gasteiger partial charge >= 0.3 is 0 Å². The molecule has 0 saturated carbocycles. The van der Waals surface area contributed by atoms with Gasteiger partial charge in [0.15, 0.2) is 0 Å². The normalized spacial score (nSPS) is 18.6. The van der Waals surface area contributed by atoms with Crippen molar-refractivity contribution in [2.45, 2.75) is 46.1 Å². The van der Waals surface area contributed by atoms with Crippen LogP contribution in [0.4, 0.5) is 0 Å². The van der Waals surface area contributed by atoms with E-state index in [-0.39, 0.29) is 17.7 Å². The molecule has 0 bridgehead atoms. The molecule has 0 aromatic carbocycles. The molecule has 1 heterocycles. The lowest BCUT2D eigenvalue weighted by molar-refractivity contribution is -0.137. The highest BCUT2D eigenvalue weighted by atomic mass is 16.2. The summed E-state index contributed by atoms with van der Waals surface area (Å²) in [6.45, 7) is 6.87. The summed E-state index contributed by atoms with van der Waals surface area (Å²) in [5.41, 5.74) is 0. The molecule has 0 radical (unpaired) electrons. The van der Waals surface area contributed by atoms with Gasteiger partial charge in [-0.25, -0.2) is 0 Å². The van der Waals surface area contributed by atoms with Gasteiger partial charge in [0.25, 0.3) is 0 Å². The molecule has 5 nitrogen and oxygen atoms in total. The van der Waals surface area contributed by atoms with Crippen molar-refractivity contribution in [3.05, 3.63) is 0 Å². The van der Waals surface area contributed by atoms with Crippen LogP contribution < -0.4 is 5.32 Å². The van der Waals surface area contributed by atoms with E-state index >= 15 is 0 Å². The van der Waals surface area contributed by atoms with Crippen LogP contribution in [0.25, 0.3) is 0 Å². The molecule has 1 saturated heterocycles. The number of carbonyl (C=O) groups excluding carboxylic acids is 2. The standard InChI is InChI=1S/C14H23N3O2/c1-10(2)12(9-15)13(18)16-11(3)14(19)17-7-5-4-6-8-17/h10-12H,4-8H2,1-3H3,(H,16,18). The zero-order chi connectivity index (χ0) is 14.4. The van der Waals surface area contributed by atoms with E-state index in [0.717, 1.165) is 32.4 Å². The van der Waals surface area contributed by atoms with Gasteiger partial charge in [-0.3, -0.25) is 9.59 Å². The number of rotatable bonds is 4. The first-order valence-corrected chi connectivity index (χ1v) is 6.96. The van der Waals surface area contributed by atoms with Crippen LogP contribution in [0, 0.1) is 23.2 Å². The number of nitriles is 1. The molecule has 1 rings (SSSR count). The Morgan fingerprint density at radius 3 is 2.21 bits per heavy atom. The number of carbonyl (C=O) groups is 2. The summed E-state index contributed by atoms with van der Waals surface area (Å²) in [6, 6.07) is 1.43. The second kappa shape index (κ2) is 7.13. The molecule has 1 N–H and O–H groups in total. The first-order valence-electron chi connectivity index (χ1n) is 6.96. The molecule has 0 aromatic heterocycles. The predicted octanol–water partition coefficient (Wildman–Crippen LogP) is 1.30. The minimum absolute atomic E-state index is 0.0477. The molecular weight excluding hydrogens is 242 g/mol. The Bertz CT molecular complexity index is 367. The molecule has 0 aliphatic carbocycles. The molecule has 1 aliphatic heterocycles. The average molecular weight is 265 g/mol. The molecular formula is C14H23N3O2. The smallest absolute Gasteiger partial charge is 0.244 e. The monoisotopic (exact) mass is 265 g/mol. The van der Waals surface area contributed by atoms with Crippen LogP contribution in [0.3, 0.4) is 0 Å².